The fourth-order valence-corrected chi connectivity index (χ4v) is 3.13. The van der Waals surface area contributed by atoms with Gasteiger partial charge in [-0.1, -0.05) is 54.1 Å². The van der Waals surface area contributed by atoms with Gasteiger partial charge in [-0.2, -0.15) is 0 Å². The number of carbonyl (C=O) groups excluding carboxylic acids is 2. The lowest BCUT2D eigenvalue weighted by atomic mass is 9.99. The van der Waals surface area contributed by atoms with E-state index in [0.29, 0.717) is 10.6 Å². The van der Waals surface area contributed by atoms with Gasteiger partial charge in [0.05, 0.1) is 12.6 Å². The summed E-state index contributed by atoms with van der Waals surface area (Å²) < 4.78 is 5.06. The van der Waals surface area contributed by atoms with Gasteiger partial charge in [-0.3, -0.25) is 4.79 Å². The molecule has 0 radical (unpaired) electrons. The standard InChI is InChI=1S/C20H18ClNO4/c1-2-26-20(25)16-17(14-8-10-15(21)11-9-14)22(19(24)18(16)23)12-13-6-4-3-5-7-13/h3-11,17,23H,2,12H2,1H3. The predicted molar refractivity (Wildman–Crippen MR) is 97.5 cm³/mol. The summed E-state index contributed by atoms with van der Waals surface area (Å²) in [5.74, 6) is -1.87. The van der Waals surface area contributed by atoms with Crippen LogP contribution in [-0.2, 0) is 20.9 Å². The van der Waals surface area contributed by atoms with E-state index in [4.69, 9.17) is 16.3 Å². The Kier molecular flexibility index (Phi) is 5.28. The van der Waals surface area contributed by atoms with Gasteiger partial charge < -0.3 is 14.7 Å². The van der Waals surface area contributed by atoms with Crippen LogP contribution >= 0.6 is 11.6 Å². The number of aliphatic hydroxyl groups is 1. The van der Waals surface area contributed by atoms with Crippen molar-refractivity contribution in [3.05, 3.63) is 82.1 Å². The molecule has 0 bridgehead atoms. The number of amides is 1. The zero-order chi connectivity index (χ0) is 18.7. The molecule has 1 atom stereocenters. The highest BCUT2D eigenvalue weighted by Crippen LogP contribution is 2.39. The number of nitrogens with zero attached hydrogens (tertiary/aromatic N) is 1. The number of esters is 1. The minimum absolute atomic E-state index is 0.0462. The van der Waals surface area contributed by atoms with E-state index >= 15 is 0 Å². The molecule has 0 saturated carbocycles. The Balaban J connectivity index is 2.04. The smallest absolute Gasteiger partial charge is 0.340 e. The summed E-state index contributed by atoms with van der Waals surface area (Å²) in [5.41, 5.74) is 1.51. The number of rotatable bonds is 5. The van der Waals surface area contributed by atoms with Gasteiger partial charge in [-0.05, 0) is 30.2 Å². The van der Waals surface area contributed by atoms with Crippen molar-refractivity contribution in [3.63, 3.8) is 0 Å². The summed E-state index contributed by atoms with van der Waals surface area (Å²) in [6.07, 6.45) is 0. The van der Waals surface area contributed by atoms with Gasteiger partial charge in [0.15, 0.2) is 5.76 Å². The Morgan fingerprint density at radius 2 is 1.81 bits per heavy atom. The minimum atomic E-state index is -0.737. The highest BCUT2D eigenvalue weighted by atomic mass is 35.5. The van der Waals surface area contributed by atoms with Crippen molar-refractivity contribution in [3.8, 4) is 0 Å². The zero-order valence-electron chi connectivity index (χ0n) is 14.2. The fraction of sp³-hybridized carbons (Fsp3) is 0.200. The number of aliphatic hydroxyl groups excluding tert-OH is 1. The maximum atomic E-state index is 12.7. The first-order chi connectivity index (χ1) is 12.5. The van der Waals surface area contributed by atoms with E-state index in [0.717, 1.165) is 5.56 Å². The maximum Gasteiger partial charge on any atom is 0.340 e. The Hall–Kier alpha value is -2.79. The lowest BCUT2D eigenvalue weighted by Crippen LogP contribution is -2.30. The zero-order valence-corrected chi connectivity index (χ0v) is 14.9. The third kappa shape index (κ3) is 3.44. The second-order valence-corrected chi connectivity index (χ2v) is 6.29. The van der Waals surface area contributed by atoms with Gasteiger partial charge in [0.2, 0.25) is 0 Å². The molecule has 5 nitrogen and oxygen atoms in total. The summed E-state index contributed by atoms with van der Waals surface area (Å²) >= 11 is 5.96. The van der Waals surface area contributed by atoms with E-state index in [1.165, 1.54) is 4.90 Å². The minimum Gasteiger partial charge on any atom is -0.503 e. The second-order valence-electron chi connectivity index (χ2n) is 5.86. The molecule has 3 rings (SSSR count). The molecule has 134 valence electrons. The molecule has 0 spiro atoms. The molecule has 1 amide bonds. The SMILES string of the molecule is CCOC(=O)C1=C(O)C(=O)N(Cc2ccccc2)C1c1ccc(Cl)cc1. The van der Waals surface area contributed by atoms with E-state index in [9.17, 15) is 14.7 Å². The third-order valence-electron chi connectivity index (χ3n) is 4.18. The van der Waals surface area contributed by atoms with E-state index in [-0.39, 0.29) is 18.7 Å². The van der Waals surface area contributed by atoms with Gasteiger partial charge in [-0.25, -0.2) is 4.79 Å². The van der Waals surface area contributed by atoms with Gasteiger partial charge >= 0.3 is 5.97 Å². The van der Waals surface area contributed by atoms with Gasteiger partial charge in [-0.15, -0.1) is 0 Å². The molecule has 1 unspecified atom stereocenters. The van der Waals surface area contributed by atoms with E-state index in [1.54, 1.807) is 31.2 Å². The monoisotopic (exact) mass is 371 g/mol. The number of ether oxygens (including phenoxy) is 1. The van der Waals surface area contributed by atoms with Crippen molar-refractivity contribution in [2.75, 3.05) is 6.61 Å². The maximum absolute atomic E-state index is 12.7. The lowest BCUT2D eigenvalue weighted by molar-refractivity contribution is -0.139. The summed E-state index contributed by atoms with van der Waals surface area (Å²) in [6, 6.07) is 15.5. The number of carbonyl (C=O) groups is 2. The van der Waals surface area contributed by atoms with E-state index in [1.807, 2.05) is 30.3 Å². The molecule has 6 heteroatoms. The van der Waals surface area contributed by atoms with Crippen LogP contribution in [0.5, 0.6) is 0 Å². The Bertz CT molecular complexity index is 846. The summed E-state index contributed by atoms with van der Waals surface area (Å²) in [5, 5.41) is 10.9. The van der Waals surface area contributed by atoms with Crippen LogP contribution in [0.4, 0.5) is 0 Å². The number of benzene rings is 2. The molecule has 1 heterocycles. The Morgan fingerprint density at radius 3 is 2.42 bits per heavy atom. The topological polar surface area (TPSA) is 66.8 Å². The van der Waals surface area contributed by atoms with Gasteiger partial charge in [0, 0.05) is 11.6 Å². The molecular formula is C20H18ClNO4. The Morgan fingerprint density at radius 1 is 1.15 bits per heavy atom. The van der Waals surface area contributed by atoms with Crippen molar-refractivity contribution in [2.24, 2.45) is 0 Å². The largest absolute Gasteiger partial charge is 0.503 e. The number of halogens is 1. The Labute approximate surface area is 156 Å². The quantitative estimate of drug-likeness (QED) is 0.812. The van der Waals surface area contributed by atoms with Crippen LogP contribution < -0.4 is 0 Å². The van der Waals surface area contributed by atoms with Crippen LogP contribution in [0.2, 0.25) is 5.02 Å². The average Bonchev–Trinajstić information content (AvgIpc) is 2.88. The number of hydrogen-bond donors (Lipinski definition) is 1. The first-order valence-electron chi connectivity index (χ1n) is 8.23. The molecule has 1 aliphatic heterocycles. The summed E-state index contributed by atoms with van der Waals surface area (Å²) in [7, 11) is 0. The van der Waals surface area contributed by atoms with Crippen LogP contribution in [-0.4, -0.2) is 28.5 Å². The fourth-order valence-electron chi connectivity index (χ4n) is 3.01. The van der Waals surface area contributed by atoms with Crippen molar-refractivity contribution in [2.45, 2.75) is 19.5 Å². The first-order valence-corrected chi connectivity index (χ1v) is 8.61. The van der Waals surface area contributed by atoms with Crippen molar-refractivity contribution in [1.29, 1.82) is 0 Å². The molecule has 1 N–H and O–H groups in total. The van der Waals surface area contributed by atoms with E-state index < -0.39 is 23.7 Å². The average molecular weight is 372 g/mol. The summed E-state index contributed by atoms with van der Waals surface area (Å²) in [4.78, 5) is 26.5. The highest BCUT2D eigenvalue weighted by molar-refractivity contribution is 6.30. The molecule has 2 aromatic carbocycles. The highest BCUT2D eigenvalue weighted by Gasteiger charge is 2.44. The molecule has 26 heavy (non-hydrogen) atoms. The van der Waals surface area contributed by atoms with Crippen LogP contribution in [0, 0.1) is 0 Å². The molecule has 0 fully saturated rings. The van der Waals surface area contributed by atoms with E-state index in [2.05, 4.69) is 0 Å². The normalized spacial score (nSPS) is 16.9. The molecule has 0 aliphatic carbocycles. The van der Waals surface area contributed by atoms with Crippen LogP contribution in [0.15, 0.2) is 65.9 Å². The van der Waals surface area contributed by atoms with Crippen LogP contribution in [0.1, 0.15) is 24.1 Å². The first kappa shape index (κ1) is 18.0. The van der Waals surface area contributed by atoms with Crippen molar-refractivity contribution in [1.82, 2.24) is 4.90 Å². The molecule has 0 saturated heterocycles. The third-order valence-corrected chi connectivity index (χ3v) is 4.43. The van der Waals surface area contributed by atoms with Crippen molar-refractivity contribution < 1.29 is 19.4 Å². The molecular weight excluding hydrogens is 354 g/mol. The number of hydrogen-bond acceptors (Lipinski definition) is 4. The molecule has 2 aromatic rings. The molecule has 0 aromatic heterocycles. The van der Waals surface area contributed by atoms with Gasteiger partial charge in [0.25, 0.3) is 5.91 Å². The van der Waals surface area contributed by atoms with Crippen LogP contribution in [0.3, 0.4) is 0 Å². The van der Waals surface area contributed by atoms with Gasteiger partial charge in [0.1, 0.15) is 5.57 Å². The van der Waals surface area contributed by atoms with Crippen LogP contribution in [0.25, 0.3) is 0 Å². The summed E-state index contributed by atoms with van der Waals surface area (Å²) in [6.45, 7) is 2.07. The molecule has 1 aliphatic rings. The van der Waals surface area contributed by atoms with Crippen molar-refractivity contribution >= 4 is 23.5 Å². The predicted octanol–water partition coefficient (Wildman–Crippen LogP) is 3.80. The lowest BCUT2D eigenvalue weighted by Gasteiger charge is -2.26. The second kappa shape index (κ2) is 7.62.